The molecule has 20 heavy (non-hydrogen) atoms. The Morgan fingerprint density at radius 2 is 2.10 bits per heavy atom. The maximum atomic E-state index is 9.86. The lowest BCUT2D eigenvalue weighted by molar-refractivity contribution is 0.116. The van der Waals surface area contributed by atoms with Crippen molar-refractivity contribution in [1.29, 1.82) is 0 Å². The molecule has 3 nitrogen and oxygen atoms in total. The summed E-state index contributed by atoms with van der Waals surface area (Å²) in [7, 11) is 0. The fourth-order valence-corrected chi connectivity index (χ4v) is 2.72. The van der Waals surface area contributed by atoms with Crippen molar-refractivity contribution in [3.05, 3.63) is 41.5 Å². The van der Waals surface area contributed by atoms with Crippen LogP contribution in [0.15, 0.2) is 35.9 Å². The third-order valence-corrected chi connectivity index (χ3v) is 3.77. The van der Waals surface area contributed by atoms with Gasteiger partial charge in [0.25, 0.3) is 0 Å². The van der Waals surface area contributed by atoms with Crippen LogP contribution in [-0.4, -0.2) is 31.0 Å². The maximum Gasteiger partial charge on any atom is 0.119 e. The third-order valence-electron chi connectivity index (χ3n) is 3.77. The molecule has 0 amide bonds. The summed E-state index contributed by atoms with van der Waals surface area (Å²) in [6, 6.07) is 8.00. The zero-order valence-electron chi connectivity index (χ0n) is 12.6. The summed E-state index contributed by atoms with van der Waals surface area (Å²) < 4.78 is 11.3. The maximum absolute atomic E-state index is 9.86. The molecule has 1 heterocycles. The van der Waals surface area contributed by atoms with Crippen molar-refractivity contribution >= 4 is 0 Å². The molecule has 0 unspecified atom stereocenters. The van der Waals surface area contributed by atoms with Gasteiger partial charge in [-0.3, -0.25) is 0 Å². The lowest BCUT2D eigenvalue weighted by Gasteiger charge is -2.25. The topological polar surface area (TPSA) is 38.7 Å². The van der Waals surface area contributed by atoms with Gasteiger partial charge < -0.3 is 14.6 Å². The van der Waals surface area contributed by atoms with Crippen LogP contribution in [0.25, 0.3) is 0 Å². The number of ether oxygens (including phenoxy) is 2. The molecule has 2 atom stereocenters. The van der Waals surface area contributed by atoms with E-state index in [0.717, 1.165) is 17.7 Å². The lowest BCUT2D eigenvalue weighted by Crippen LogP contribution is -2.31. The van der Waals surface area contributed by atoms with Gasteiger partial charge in [0, 0.05) is 5.41 Å². The highest BCUT2D eigenvalue weighted by Crippen LogP contribution is 2.37. The van der Waals surface area contributed by atoms with E-state index in [1.807, 2.05) is 31.2 Å². The SMILES string of the molecule is CCOc1ccc([C@]2(CO)CO[C@H](C=C(C)C)C2)cc1. The summed E-state index contributed by atoms with van der Waals surface area (Å²) in [5, 5.41) is 9.86. The first-order valence-corrected chi connectivity index (χ1v) is 7.20. The Bertz CT molecular complexity index is 460. The van der Waals surface area contributed by atoms with Crippen molar-refractivity contribution < 1.29 is 14.6 Å². The average Bonchev–Trinajstić information content (AvgIpc) is 2.84. The molecule has 1 saturated heterocycles. The minimum atomic E-state index is -0.290. The molecule has 1 aliphatic heterocycles. The van der Waals surface area contributed by atoms with Crippen molar-refractivity contribution in [2.24, 2.45) is 0 Å². The van der Waals surface area contributed by atoms with Crippen molar-refractivity contribution in [2.45, 2.75) is 38.7 Å². The van der Waals surface area contributed by atoms with Crippen LogP contribution >= 0.6 is 0 Å². The van der Waals surface area contributed by atoms with Crippen LogP contribution in [0.3, 0.4) is 0 Å². The molecule has 0 aliphatic carbocycles. The average molecular weight is 276 g/mol. The molecule has 110 valence electrons. The molecule has 2 rings (SSSR count). The Hall–Kier alpha value is -1.32. The molecule has 0 spiro atoms. The van der Waals surface area contributed by atoms with Gasteiger partial charge in [0.15, 0.2) is 0 Å². The molecule has 1 aromatic carbocycles. The summed E-state index contributed by atoms with van der Waals surface area (Å²) in [6.07, 6.45) is 3.05. The third kappa shape index (κ3) is 3.22. The van der Waals surface area contributed by atoms with Gasteiger partial charge in [0.1, 0.15) is 5.75 Å². The van der Waals surface area contributed by atoms with E-state index in [9.17, 15) is 5.11 Å². The zero-order chi connectivity index (χ0) is 14.6. The van der Waals surface area contributed by atoms with Crippen LogP contribution < -0.4 is 4.74 Å². The zero-order valence-corrected chi connectivity index (χ0v) is 12.6. The highest BCUT2D eigenvalue weighted by molar-refractivity contribution is 5.34. The Balaban J connectivity index is 2.17. The number of rotatable bonds is 5. The molecule has 0 saturated carbocycles. The van der Waals surface area contributed by atoms with Crippen molar-refractivity contribution in [2.75, 3.05) is 19.8 Å². The van der Waals surface area contributed by atoms with E-state index in [1.54, 1.807) is 0 Å². The van der Waals surface area contributed by atoms with E-state index >= 15 is 0 Å². The predicted octanol–water partition coefficient (Wildman–Crippen LogP) is 3.07. The van der Waals surface area contributed by atoms with Gasteiger partial charge >= 0.3 is 0 Å². The fraction of sp³-hybridized carbons (Fsp3) is 0.529. The highest BCUT2D eigenvalue weighted by atomic mass is 16.5. The van der Waals surface area contributed by atoms with Crippen molar-refractivity contribution in [1.82, 2.24) is 0 Å². The van der Waals surface area contributed by atoms with E-state index < -0.39 is 0 Å². The molecule has 3 heteroatoms. The second-order valence-corrected chi connectivity index (χ2v) is 5.69. The fourth-order valence-electron chi connectivity index (χ4n) is 2.72. The van der Waals surface area contributed by atoms with Gasteiger partial charge in [-0.25, -0.2) is 0 Å². The van der Waals surface area contributed by atoms with Crippen LogP contribution in [0, 0.1) is 0 Å². The summed E-state index contributed by atoms with van der Waals surface area (Å²) >= 11 is 0. The normalized spacial score (nSPS) is 25.5. The Kier molecular flexibility index (Phi) is 4.84. The second kappa shape index (κ2) is 6.42. The molecular formula is C17H24O3. The van der Waals surface area contributed by atoms with Gasteiger partial charge in [-0.05, 0) is 44.9 Å². The van der Waals surface area contributed by atoms with E-state index in [2.05, 4.69) is 19.9 Å². The number of aliphatic hydroxyl groups is 1. The van der Waals surface area contributed by atoms with Crippen LogP contribution in [-0.2, 0) is 10.2 Å². The van der Waals surface area contributed by atoms with E-state index in [-0.39, 0.29) is 18.1 Å². The standard InChI is InChI=1S/C17H24O3/c1-4-19-15-7-5-14(6-8-15)17(11-18)10-16(20-12-17)9-13(2)3/h5-9,16,18H,4,10-12H2,1-3H3/t16-,17-/m1/s1. The number of benzene rings is 1. The number of aliphatic hydroxyl groups excluding tert-OH is 1. The molecule has 1 N–H and O–H groups in total. The largest absolute Gasteiger partial charge is 0.494 e. The predicted molar refractivity (Wildman–Crippen MR) is 80.2 cm³/mol. The van der Waals surface area contributed by atoms with Gasteiger partial charge in [0.2, 0.25) is 0 Å². The quantitative estimate of drug-likeness (QED) is 0.840. The highest BCUT2D eigenvalue weighted by Gasteiger charge is 2.40. The number of allylic oxidation sites excluding steroid dienone is 1. The summed E-state index contributed by atoms with van der Waals surface area (Å²) in [6.45, 7) is 7.44. The molecule has 1 fully saturated rings. The molecule has 0 aromatic heterocycles. The van der Waals surface area contributed by atoms with Gasteiger partial charge in [-0.1, -0.05) is 23.8 Å². The van der Waals surface area contributed by atoms with Crippen molar-refractivity contribution in [3.63, 3.8) is 0 Å². The first-order valence-electron chi connectivity index (χ1n) is 7.20. The van der Waals surface area contributed by atoms with Gasteiger partial charge in [0.05, 0.1) is 25.9 Å². The Morgan fingerprint density at radius 3 is 2.65 bits per heavy atom. The second-order valence-electron chi connectivity index (χ2n) is 5.69. The van der Waals surface area contributed by atoms with Crippen LogP contribution in [0.1, 0.15) is 32.8 Å². The van der Waals surface area contributed by atoms with Gasteiger partial charge in [-0.15, -0.1) is 0 Å². The van der Waals surface area contributed by atoms with Gasteiger partial charge in [-0.2, -0.15) is 0 Å². The number of hydrogen-bond donors (Lipinski definition) is 1. The Labute approximate surface area is 121 Å². The van der Waals surface area contributed by atoms with E-state index in [1.165, 1.54) is 5.57 Å². The van der Waals surface area contributed by atoms with E-state index in [0.29, 0.717) is 13.2 Å². The summed E-state index contributed by atoms with van der Waals surface area (Å²) in [5.41, 5.74) is 2.07. The molecule has 1 aliphatic rings. The minimum Gasteiger partial charge on any atom is -0.494 e. The first kappa shape index (κ1) is 15.1. The smallest absolute Gasteiger partial charge is 0.119 e. The monoisotopic (exact) mass is 276 g/mol. The summed E-state index contributed by atoms with van der Waals surface area (Å²) in [4.78, 5) is 0. The Morgan fingerprint density at radius 1 is 1.40 bits per heavy atom. The molecular weight excluding hydrogens is 252 g/mol. The molecule has 0 bridgehead atoms. The summed E-state index contributed by atoms with van der Waals surface area (Å²) in [5.74, 6) is 0.865. The van der Waals surface area contributed by atoms with E-state index in [4.69, 9.17) is 9.47 Å². The van der Waals surface area contributed by atoms with Crippen LogP contribution in [0.5, 0.6) is 5.75 Å². The van der Waals surface area contributed by atoms with Crippen LogP contribution in [0.2, 0.25) is 0 Å². The number of hydrogen-bond acceptors (Lipinski definition) is 3. The molecule has 0 radical (unpaired) electrons. The minimum absolute atomic E-state index is 0.0960. The van der Waals surface area contributed by atoms with Crippen molar-refractivity contribution in [3.8, 4) is 5.75 Å². The molecule has 1 aromatic rings. The van der Waals surface area contributed by atoms with Crippen LogP contribution in [0.4, 0.5) is 0 Å². The first-order chi connectivity index (χ1) is 9.59. The lowest BCUT2D eigenvalue weighted by atomic mass is 9.79.